The summed E-state index contributed by atoms with van der Waals surface area (Å²) < 4.78 is 53.4. The predicted octanol–water partition coefficient (Wildman–Crippen LogP) is 1.44. The minimum absolute atomic E-state index is 0.107. The van der Waals surface area contributed by atoms with Gasteiger partial charge in [-0.25, -0.2) is 17.2 Å². The van der Waals surface area contributed by atoms with Crippen LogP contribution in [0.2, 0.25) is 0 Å². The van der Waals surface area contributed by atoms with Crippen LogP contribution in [0.25, 0.3) is 0 Å². The summed E-state index contributed by atoms with van der Waals surface area (Å²) >= 11 is 0. The topological polar surface area (TPSA) is 86.3 Å². The summed E-state index contributed by atoms with van der Waals surface area (Å²) in [4.78, 5) is 9.67. The maximum absolute atomic E-state index is 13.6. The molecule has 0 amide bonds. The number of carboxylic acids is 1. The second-order valence-electron chi connectivity index (χ2n) is 4.47. The largest absolute Gasteiger partial charge is 0.545 e. The van der Waals surface area contributed by atoms with Crippen LogP contribution >= 0.6 is 0 Å². The van der Waals surface area contributed by atoms with Gasteiger partial charge >= 0.3 is 0 Å². The lowest BCUT2D eigenvalue weighted by atomic mass is 10.1. The van der Waals surface area contributed by atoms with Crippen LogP contribution in [0.1, 0.15) is 15.9 Å². The number of aromatic carboxylic acids is 1. The van der Waals surface area contributed by atoms with Crippen molar-refractivity contribution in [2.24, 2.45) is 0 Å². The van der Waals surface area contributed by atoms with E-state index in [2.05, 4.69) is 0 Å². The van der Waals surface area contributed by atoms with Crippen molar-refractivity contribution in [2.45, 2.75) is 11.8 Å². The van der Waals surface area contributed by atoms with Crippen molar-refractivity contribution in [3.63, 3.8) is 0 Å². The molecule has 0 saturated carbocycles. The number of carbonyl (C=O) groups excluding carboxylic acids is 1. The van der Waals surface area contributed by atoms with E-state index in [0.29, 0.717) is 5.56 Å². The van der Waals surface area contributed by atoms with Gasteiger partial charge in [-0.15, -0.1) is 0 Å². The van der Waals surface area contributed by atoms with Gasteiger partial charge in [0, 0.05) is 0 Å². The first-order valence-electron chi connectivity index (χ1n) is 6.01. The SMILES string of the molecule is Cc1ccc(C(=O)[O-])cc1NS(=O)(=O)c1c(F)cccc1F. The van der Waals surface area contributed by atoms with E-state index in [9.17, 15) is 27.1 Å². The predicted molar refractivity (Wildman–Crippen MR) is 72.7 cm³/mol. The number of rotatable bonds is 4. The fraction of sp³-hybridized carbons (Fsp3) is 0.0714. The summed E-state index contributed by atoms with van der Waals surface area (Å²) in [6.07, 6.45) is 0. The van der Waals surface area contributed by atoms with E-state index in [1.807, 2.05) is 4.72 Å². The normalized spacial score (nSPS) is 11.2. The smallest absolute Gasteiger partial charge is 0.267 e. The molecule has 0 aliphatic carbocycles. The molecule has 1 N–H and O–H groups in total. The first-order valence-corrected chi connectivity index (χ1v) is 7.49. The van der Waals surface area contributed by atoms with Crippen LogP contribution in [0, 0.1) is 18.6 Å². The van der Waals surface area contributed by atoms with Crippen molar-refractivity contribution in [1.29, 1.82) is 0 Å². The molecule has 0 radical (unpaired) electrons. The monoisotopic (exact) mass is 326 g/mol. The molecule has 0 spiro atoms. The summed E-state index contributed by atoms with van der Waals surface area (Å²) in [6, 6.07) is 6.24. The van der Waals surface area contributed by atoms with Crippen LogP contribution in [0.3, 0.4) is 0 Å². The van der Waals surface area contributed by atoms with Crippen LogP contribution in [-0.4, -0.2) is 14.4 Å². The van der Waals surface area contributed by atoms with Crippen LogP contribution < -0.4 is 9.83 Å². The van der Waals surface area contributed by atoms with Crippen molar-refractivity contribution >= 4 is 21.7 Å². The highest BCUT2D eigenvalue weighted by Gasteiger charge is 2.24. The van der Waals surface area contributed by atoms with Gasteiger partial charge in [-0.2, -0.15) is 0 Å². The molecule has 2 aromatic carbocycles. The van der Waals surface area contributed by atoms with Gasteiger partial charge in [0.05, 0.1) is 11.7 Å². The Morgan fingerprint density at radius 3 is 2.27 bits per heavy atom. The highest BCUT2D eigenvalue weighted by Crippen LogP contribution is 2.24. The third-order valence-electron chi connectivity index (χ3n) is 2.91. The van der Waals surface area contributed by atoms with Crippen LogP contribution in [0.15, 0.2) is 41.3 Å². The molecule has 116 valence electrons. The molecule has 2 rings (SSSR count). The molecule has 2 aromatic rings. The van der Waals surface area contributed by atoms with Gasteiger partial charge in [0.1, 0.15) is 11.6 Å². The maximum Gasteiger partial charge on any atom is 0.267 e. The average Bonchev–Trinajstić information content (AvgIpc) is 2.40. The fourth-order valence-electron chi connectivity index (χ4n) is 1.79. The molecule has 0 aliphatic heterocycles. The number of anilines is 1. The number of hydrogen-bond acceptors (Lipinski definition) is 4. The Labute approximate surface area is 125 Å². The van der Waals surface area contributed by atoms with Gasteiger partial charge in [-0.3, -0.25) is 4.72 Å². The molecule has 0 unspecified atom stereocenters. The van der Waals surface area contributed by atoms with E-state index < -0.39 is 32.5 Å². The number of carbonyl (C=O) groups is 1. The van der Waals surface area contributed by atoms with Gasteiger partial charge in [0.25, 0.3) is 10.0 Å². The van der Waals surface area contributed by atoms with E-state index in [1.165, 1.54) is 19.1 Å². The van der Waals surface area contributed by atoms with Crippen molar-refractivity contribution in [3.8, 4) is 0 Å². The molecule has 5 nitrogen and oxygen atoms in total. The molecule has 0 atom stereocenters. The van der Waals surface area contributed by atoms with Gasteiger partial charge in [-0.1, -0.05) is 18.2 Å². The second-order valence-corrected chi connectivity index (χ2v) is 6.09. The minimum atomic E-state index is -4.55. The van der Waals surface area contributed by atoms with Crippen LogP contribution in [0.5, 0.6) is 0 Å². The Kier molecular flexibility index (Phi) is 4.14. The summed E-state index contributed by atoms with van der Waals surface area (Å²) in [5.74, 6) is -4.00. The Balaban J connectivity index is 2.50. The zero-order valence-electron chi connectivity index (χ0n) is 11.3. The molecule has 0 bridgehead atoms. The summed E-state index contributed by atoms with van der Waals surface area (Å²) in [6.45, 7) is 1.51. The van der Waals surface area contributed by atoms with Gasteiger partial charge < -0.3 is 9.90 Å². The Morgan fingerprint density at radius 2 is 1.73 bits per heavy atom. The Bertz CT molecular complexity index is 830. The van der Waals surface area contributed by atoms with Gasteiger partial charge in [0.15, 0.2) is 4.90 Å². The third kappa shape index (κ3) is 3.06. The molecule has 8 heteroatoms. The summed E-state index contributed by atoms with van der Waals surface area (Å²) in [5, 5.41) is 10.8. The van der Waals surface area contributed by atoms with E-state index in [-0.39, 0.29) is 11.3 Å². The number of benzene rings is 2. The van der Waals surface area contributed by atoms with E-state index in [0.717, 1.165) is 24.3 Å². The van der Waals surface area contributed by atoms with E-state index in [1.54, 1.807) is 0 Å². The number of halogens is 2. The highest BCUT2D eigenvalue weighted by molar-refractivity contribution is 7.92. The number of nitrogens with one attached hydrogen (secondary N) is 1. The fourth-order valence-corrected chi connectivity index (χ4v) is 3.05. The number of aryl methyl sites for hydroxylation is 1. The molecular weight excluding hydrogens is 316 g/mol. The van der Waals surface area contributed by atoms with Gasteiger partial charge in [-0.05, 0) is 36.2 Å². The highest BCUT2D eigenvalue weighted by atomic mass is 32.2. The first kappa shape index (κ1) is 15.9. The maximum atomic E-state index is 13.6. The minimum Gasteiger partial charge on any atom is -0.545 e. The standard InChI is InChI=1S/C14H11F2NO4S/c1-8-5-6-9(14(18)19)7-12(8)17-22(20,21)13-10(15)3-2-4-11(13)16/h2-7,17H,1H3,(H,18,19)/p-1. The van der Waals surface area contributed by atoms with Crippen molar-refractivity contribution in [2.75, 3.05) is 4.72 Å². The zero-order chi connectivity index (χ0) is 16.5. The van der Waals surface area contributed by atoms with E-state index in [4.69, 9.17) is 0 Å². The molecule has 0 aromatic heterocycles. The first-order chi connectivity index (χ1) is 10.2. The van der Waals surface area contributed by atoms with Crippen LogP contribution in [0.4, 0.5) is 14.5 Å². The Morgan fingerprint density at radius 1 is 1.14 bits per heavy atom. The number of sulfonamides is 1. The lowest BCUT2D eigenvalue weighted by Gasteiger charge is -2.13. The average molecular weight is 326 g/mol. The molecule has 0 heterocycles. The molecule has 22 heavy (non-hydrogen) atoms. The lowest BCUT2D eigenvalue weighted by Crippen LogP contribution is -2.23. The van der Waals surface area contributed by atoms with Crippen molar-refractivity contribution < 1.29 is 27.1 Å². The number of carboxylic acid groups (broad SMARTS) is 1. The number of hydrogen-bond donors (Lipinski definition) is 1. The molecular formula is C14H10F2NO4S-. The second kappa shape index (κ2) is 5.72. The lowest BCUT2D eigenvalue weighted by molar-refractivity contribution is -0.255. The third-order valence-corrected chi connectivity index (χ3v) is 4.32. The summed E-state index contributed by atoms with van der Waals surface area (Å²) in [7, 11) is -4.55. The van der Waals surface area contributed by atoms with Gasteiger partial charge in [0.2, 0.25) is 0 Å². The van der Waals surface area contributed by atoms with Crippen molar-refractivity contribution in [3.05, 3.63) is 59.2 Å². The zero-order valence-corrected chi connectivity index (χ0v) is 12.1. The summed E-state index contributed by atoms with van der Waals surface area (Å²) in [5.41, 5.74) is 0.00646. The quantitative estimate of drug-likeness (QED) is 0.921. The van der Waals surface area contributed by atoms with Crippen molar-refractivity contribution in [1.82, 2.24) is 0 Å². The molecule has 0 fully saturated rings. The molecule has 0 aliphatic rings. The van der Waals surface area contributed by atoms with E-state index >= 15 is 0 Å². The molecule has 0 saturated heterocycles. The van der Waals surface area contributed by atoms with Crippen LogP contribution in [-0.2, 0) is 10.0 Å². The Hall–Kier alpha value is -2.48.